The highest BCUT2D eigenvalue weighted by molar-refractivity contribution is 7.15. The van der Waals surface area contributed by atoms with E-state index in [1.54, 1.807) is 17.5 Å². The first kappa shape index (κ1) is 19.2. The average molecular weight is 423 g/mol. The summed E-state index contributed by atoms with van der Waals surface area (Å²) in [4.78, 5) is 16.5. The van der Waals surface area contributed by atoms with Crippen LogP contribution in [0.2, 0.25) is 0 Å². The van der Waals surface area contributed by atoms with E-state index in [1.807, 2.05) is 31.7 Å². The van der Waals surface area contributed by atoms with E-state index in [4.69, 9.17) is 0 Å². The maximum absolute atomic E-state index is 4.69. The molecule has 1 saturated carbocycles. The molecule has 5 rings (SSSR count). The fraction of sp³-hybridized carbons (Fsp3) is 0.429. The standard InChI is InChI=1S/C21H26N8S/c1-3-6-28(12-15-4-5-15)13-19-22-10-18(30-19)27-20-21-23-9-17(16-7-24-25-8-16)29(21)11-14(2)26-20/h7-11,15H,3-6,12-13H2,1-2H3,(H,24,25)(H,26,27). The molecule has 156 valence electrons. The minimum atomic E-state index is 0.739. The number of hydrogen-bond acceptors (Lipinski definition) is 7. The largest absolute Gasteiger partial charge is 0.327 e. The lowest BCUT2D eigenvalue weighted by Gasteiger charge is -2.19. The molecule has 9 heteroatoms. The molecule has 1 aliphatic carbocycles. The Kier molecular flexibility index (Phi) is 5.22. The smallest absolute Gasteiger partial charge is 0.180 e. The number of rotatable bonds is 9. The predicted octanol–water partition coefficient (Wildman–Crippen LogP) is 4.25. The van der Waals surface area contributed by atoms with Crippen LogP contribution in [-0.2, 0) is 6.54 Å². The summed E-state index contributed by atoms with van der Waals surface area (Å²) in [6.07, 6.45) is 13.3. The van der Waals surface area contributed by atoms with Gasteiger partial charge in [0.2, 0.25) is 0 Å². The van der Waals surface area contributed by atoms with Crippen LogP contribution >= 0.6 is 11.3 Å². The lowest BCUT2D eigenvalue weighted by Crippen LogP contribution is -2.26. The molecule has 0 bridgehead atoms. The van der Waals surface area contributed by atoms with Gasteiger partial charge >= 0.3 is 0 Å². The van der Waals surface area contributed by atoms with E-state index in [0.717, 1.165) is 57.4 Å². The molecule has 0 radical (unpaired) electrons. The molecule has 4 aromatic rings. The molecular weight excluding hydrogens is 396 g/mol. The second-order valence-electron chi connectivity index (χ2n) is 7.98. The second kappa shape index (κ2) is 8.16. The molecule has 4 aromatic heterocycles. The van der Waals surface area contributed by atoms with Crippen molar-refractivity contribution in [3.8, 4) is 11.3 Å². The average Bonchev–Trinajstić information content (AvgIpc) is 3.12. The van der Waals surface area contributed by atoms with Gasteiger partial charge in [0.15, 0.2) is 11.5 Å². The SMILES string of the molecule is CCCN(Cc1ncc(Nc2nc(C)cn3c(-c4cn[nH]c4)cnc23)s1)CC1CC1. The fourth-order valence-corrected chi connectivity index (χ4v) is 4.62. The van der Waals surface area contributed by atoms with Gasteiger partial charge in [0.1, 0.15) is 10.0 Å². The van der Waals surface area contributed by atoms with Crippen molar-refractivity contribution in [2.45, 2.75) is 39.7 Å². The van der Waals surface area contributed by atoms with E-state index >= 15 is 0 Å². The zero-order valence-electron chi connectivity index (χ0n) is 17.3. The molecule has 0 unspecified atom stereocenters. The van der Waals surface area contributed by atoms with Crippen LogP contribution in [0.3, 0.4) is 0 Å². The topological polar surface area (TPSA) is 87.0 Å². The van der Waals surface area contributed by atoms with Gasteiger partial charge in [0.25, 0.3) is 0 Å². The van der Waals surface area contributed by atoms with E-state index in [0.29, 0.717) is 0 Å². The van der Waals surface area contributed by atoms with Crippen molar-refractivity contribution >= 4 is 27.8 Å². The molecule has 30 heavy (non-hydrogen) atoms. The minimum absolute atomic E-state index is 0.739. The summed E-state index contributed by atoms with van der Waals surface area (Å²) in [6.45, 7) is 7.47. The van der Waals surface area contributed by atoms with Crippen LogP contribution in [0.4, 0.5) is 10.8 Å². The molecule has 0 aliphatic heterocycles. The third kappa shape index (κ3) is 4.08. The first-order valence-corrected chi connectivity index (χ1v) is 11.3. The Morgan fingerprint density at radius 1 is 1.27 bits per heavy atom. The molecule has 2 N–H and O–H groups in total. The van der Waals surface area contributed by atoms with E-state index in [9.17, 15) is 0 Å². The van der Waals surface area contributed by atoms with E-state index in [-0.39, 0.29) is 0 Å². The van der Waals surface area contributed by atoms with Crippen molar-refractivity contribution in [3.05, 3.63) is 41.7 Å². The number of imidazole rings is 1. The summed E-state index contributed by atoms with van der Waals surface area (Å²) in [6, 6.07) is 0. The number of aromatic amines is 1. The summed E-state index contributed by atoms with van der Waals surface area (Å²) in [5, 5.41) is 12.5. The van der Waals surface area contributed by atoms with E-state index in [1.165, 1.54) is 25.8 Å². The fourth-order valence-electron chi connectivity index (χ4n) is 3.76. The molecule has 0 aromatic carbocycles. The van der Waals surface area contributed by atoms with Crippen molar-refractivity contribution < 1.29 is 0 Å². The third-order valence-corrected chi connectivity index (χ3v) is 6.21. The number of thiazole rings is 1. The molecule has 1 fully saturated rings. The lowest BCUT2D eigenvalue weighted by atomic mass is 10.3. The minimum Gasteiger partial charge on any atom is -0.327 e. The normalized spacial score (nSPS) is 14.1. The zero-order valence-corrected chi connectivity index (χ0v) is 18.1. The van der Waals surface area contributed by atoms with Gasteiger partial charge in [-0.15, -0.1) is 0 Å². The molecule has 1 aliphatic rings. The number of nitrogens with one attached hydrogen (secondary N) is 2. The summed E-state index contributed by atoms with van der Waals surface area (Å²) in [5.41, 5.74) is 3.67. The van der Waals surface area contributed by atoms with Crippen LogP contribution in [0, 0.1) is 12.8 Å². The Labute approximate surface area is 179 Å². The molecule has 4 heterocycles. The van der Waals surface area contributed by atoms with Crippen LogP contribution in [-0.4, -0.2) is 47.5 Å². The maximum Gasteiger partial charge on any atom is 0.180 e. The predicted molar refractivity (Wildman–Crippen MR) is 119 cm³/mol. The van der Waals surface area contributed by atoms with Gasteiger partial charge in [-0.05, 0) is 38.6 Å². The molecule has 0 amide bonds. The summed E-state index contributed by atoms with van der Waals surface area (Å²) in [5.74, 6) is 1.63. The lowest BCUT2D eigenvalue weighted by molar-refractivity contribution is 0.255. The van der Waals surface area contributed by atoms with E-state index < -0.39 is 0 Å². The highest BCUT2D eigenvalue weighted by Gasteiger charge is 2.24. The molecular formula is C21H26N8S. The number of fused-ring (bicyclic) bond motifs is 1. The highest BCUT2D eigenvalue weighted by atomic mass is 32.1. The quantitative estimate of drug-likeness (QED) is 0.419. The van der Waals surface area contributed by atoms with Gasteiger partial charge in [0, 0.05) is 24.5 Å². The van der Waals surface area contributed by atoms with E-state index in [2.05, 4.69) is 46.7 Å². The Morgan fingerprint density at radius 2 is 2.17 bits per heavy atom. The van der Waals surface area contributed by atoms with Crippen LogP contribution in [0.15, 0.2) is 31.0 Å². The monoisotopic (exact) mass is 422 g/mol. The van der Waals surface area contributed by atoms with Gasteiger partial charge in [-0.25, -0.2) is 15.0 Å². The van der Waals surface area contributed by atoms with Crippen molar-refractivity contribution in [2.75, 3.05) is 18.4 Å². The summed E-state index contributed by atoms with van der Waals surface area (Å²) < 4.78 is 2.05. The molecule has 8 nitrogen and oxygen atoms in total. The number of aromatic nitrogens is 6. The van der Waals surface area contributed by atoms with Crippen LogP contribution in [0.1, 0.15) is 36.9 Å². The van der Waals surface area contributed by atoms with Gasteiger partial charge in [-0.3, -0.25) is 14.4 Å². The Balaban J connectivity index is 1.37. The first-order valence-electron chi connectivity index (χ1n) is 10.5. The Bertz CT molecular complexity index is 1130. The van der Waals surface area contributed by atoms with Crippen LogP contribution in [0.5, 0.6) is 0 Å². The number of nitrogens with zero attached hydrogens (tertiary/aromatic N) is 6. The molecule has 0 atom stereocenters. The van der Waals surface area contributed by atoms with Crippen molar-refractivity contribution in [2.24, 2.45) is 5.92 Å². The number of hydrogen-bond donors (Lipinski definition) is 2. The first-order chi connectivity index (χ1) is 14.7. The number of H-pyrrole nitrogens is 1. The van der Waals surface area contributed by atoms with Crippen molar-refractivity contribution in [1.29, 1.82) is 0 Å². The van der Waals surface area contributed by atoms with Crippen molar-refractivity contribution in [3.63, 3.8) is 0 Å². The third-order valence-electron chi connectivity index (χ3n) is 5.31. The highest BCUT2D eigenvalue weighted by Crippen LogP contribution is 2.31. The number of anilines is 2. The van der Waals surface area contributed by atoms with Gasteiger partial charge in [0.05, 0.1) is 36.5 Å². The second-order valence-corrected chi connectivity index (χ2v) is 9.09. The Hall–Kier alpha value is -2.78. The zero-order chi connectivity index (χ0) is 20.5. The Morgan fingerprint density at radius 3 is 2.93 bits per heavy atom. The summed E-state index contributed by atoms with van der Waals surface area (Å²) in [7, 11) is 0. The maximum atomic E-state index is 4.69. The van der Waals surface area contributed by atoms with Crippen LogP contribution in [0.25, 0.3) is 16.9 Å². The summed E-state index contributed by atoms with van der Waals surface area (Å²) >= 11 is 1.69. The van der Waals surface area contributed by atoms with Crippen LogP contribution < -0.4 is 5.32 Å². The molecule has 0 saturated heterocycles. The van der Waals surface area contributed by atoms with Gasteiger partial charge in [-0.2, -0.15) is 5.10 Å². The molecule has 0 spiro atoms. The van der Waals surface area contributed by atoms with Gasteiger partial charge < -0.3 is 5.32 Å². The van der Waals surface area contributed by atoms with Gasteiger partial charge in [-0.1, -0.05) is 18.3 Å². The number of aryl methyl sites for hydroxylation is 1. The van der Waals surface area contributed by atoms with Crippen molar-refractivity contribution in [1.82, 2.24) is 34.4 Å².